The number of rotatable bonds is 28. The highest BCUT2D eigenvalue weighted by atomic mass is 127. The second kappa shape index (κ2) is 32.2. The number of benzene rings is 5. The molecule has 0 amide bonds. The Hall–Kier alpha value is -3.04. The normalized spacial score (nSPS) is 13.3. The summed E-state index contributed by atoms with van der Waals surface area (Å²) in [7, 11) is -10.9. The van der Waals surface area contributed by atoms with Crippen LogP contribution in [0.4, 0.5) is 0 Å². The first-order valence-corrected chi connectivity index (χ1v) is 34.5. The molecule has 14 heteroatoms. The third-order valence-electron chi connectivity index (χ3n) is 13.1. The lowest BCUT2D eigenvalue weighted by Gasteiger charge is -2.33. The van der Waals surface area contributed by atoms with E-state index in [1.165, 1.54) is 41.4 Å². The highest BCUT2D eigenvalue weighted by Gasteiger charge is 2.33. The molecule has 3 atom stereocenters. The van der Waals surface area contributed by atoms with Crippen molar-refractivity contribution in [2.24, 2.45) is 0 Å². The molecule has 5 aromatic carbocycles. The van der Waals surface area contributed by atoms with E-state index in [1.54, 1.807) is 36.4 Å². The van der Waals surface area contributed by atoms with Crippen LogP contribution in [0.2, 0.25) is 36.3 Å². The van der Waals surface area contributed by atoms with Crippen molar-refractivity contribution in [2.75, 3.05) is 17.6 Å². The molecule has 0 fully saturated rings. The smallest absolute Gasteiger partial charge is 0.297 e. The molecule has 0 heterocycles. The van der Waals surface area contributed by atoms with E-state index >= 15 is 0 Å². The van der Waals surface area contributed by atoms with Crippen LogP contribution in [-0.2, 0) is 56.7 Å². The summed E-state index contributed by atoms with van der Waals surface area (Å²) in [5, 5.41) is 9.88. The van der Waals surface area contributed by atoms with Crippen LogP contribution in [0.1, 0.15) is 88.6 Å². The number of aliphatic hydroxyl groups excluding tert-OH is 1. The van der Waals surface area contributed by atoms with Crippen molar-refractivity contribution < 1.29 is 39.2 Å². The van der Waals surface area contributed by atoms with Crippen molar-refractivity contribution in [3.63, 3.8) is 0 Å². The van der Waals surface area contributed by atoms with Crippen LogP contribution in [0.25, 0.3) is 0 Å². The van der Waals surface area contributed by atoms with Gasteiger partial charge in [0.15, 0.2) is 16.6 Å². The molecule has 5 rings (SSSR count). The van der Waals surface area contributed by atoms with Gasteiger partial charge in [-0.25, -0.2) is 0 Å². The molecule has 1 N–H and O–H groups in total. The van der Waals surface area contributed by atoms with Gasteiger partial charge in [0.25, 0.3) is 20.2 Å². The zero-order valence-electron chi connectivity index (χ0n) is 43.0. The van der Waals surface area contributed by atoms with Crippen LogP contribution in [-0.4, -0.2) is 74.5 Å². The maximum atomic E-state index is 12.6. The Morgan fingerprint density at radius 3 is 1.11 bits per heavy atom. The van der Waals surface area contributed by atoms with Crippen molar-refractivity contribution in [3.8, 4) is 0 Å². The van der Waals surface area contributed by atoms with Gasteiger partial charge in [-0.15, -0.1) is 0 Å². The summed E-state index contributed by atoms with van der Waals surface area (Å²) in [6.07, 6.45) is 4.37. The van der Waals surface area contributed by atoms with Crippen molar-refractivity contribution in [1.29, 1.82) is 0 Å². The number of alkyl halides is 1. The van der Waals surface area contributed by atoms with E-state index < -0.39 is 43.0 Å². The first kappa shape index (κ1) is 61.3. The average molecular weight is 1150 g/mol. The van der Waals surface area contributed by atoms with Crippen molar-refractivity contribution in [2.45, 2.75) is 158 Å². The van der Waals surface area contributed by atoms with E-state index in [9.17, 15) is 21.9 Å². The lowest BCUT2D eigenvalue weighted by molar-refractivity contribution is 0.103. The Kier molecular flexibility index (Phi) is 28.2. The maximum absolute atomic E-state index is 12.6. The van der Waals surface area contributed by atoms with Gasteiger partial charge >= 0.3 is 0 Å². The van der Waals surface area contributed by atoms with Gasteiger partial charge in [-0.3, -0.25) is 8.37 Å². The number of hydrogen-bond acceptors (Lipinski definition) is 9. The largest absolute Gasteiger partial charge is 0.413 e. The van der Waals surface area contributed by atoms with E-state index in [4.69, 9.17) is 17.2 Å². The molecule has 0 saturated heterocycles. The van der Waals surface area contributed by atoms with Crippen molar-refractivity contribution in [1.82, 2.24) is 0 Å². The molecule has 0 saturated carbocycles. The van der Waals surface area contributed by atoms with Crippen LogP contribution in [0.5, 0.6) is 0 Å². The van der Waals surface area contributed by atoms with Crippen LogP contribution in [0.3, 0.4) is 0 Å². The predicted octanol–water partition coefficient (Wildman–Crippen LogP) is 13.9. The second-order valence-corrected chi connectivity index (χ2v) is 31.5. The van der Waals surface area contributed by atoms with Gasteiger partial charge in [0.1, 0.15) is 0 Å². The van der Waals surface area contributed by atoms with Gasteiger partial charge in [-0.1, -0.05) is 191 Å². The summed E-state index contributed by atoms with van der Waals surface area (Å²) < 4.78 is 73.9. The summed E-state index contributed by atoms with van der Waals surface area (Å²) >= 11 is 2.48. The first-order valence-electron chi connectivity index (χ1n) is 25.1. The first-order chi connectivity index (χ1) is 33.5. The molecule has 9 nitrogen and oxygen atoms in total. The highest BCUT2D eigenvalue weighted by Crippen LogP contribution is 2.27. The standard InChI is InChI=1S/C23H34O4SSi.C17H20O4S.C16H27IOSi/c1-5-29(6-2,7-3)27-22(16-15-21-11-9-8-10-12-21)19-26-28(24,25)23-17-13-20(4)14-18-23;1-14-7-11-17(12-8-14)22(19,20)21-13-16(18)10-9-15-5-3-2-4-6-15;1-4-19(5-2,6-3)18-16(14-17)13-12-15-10-8-7-9-11-15/h8-14,17-18,22H,5-7,15-16,19H2,1-4H3;2-8,11-12,16,18H,9-10,13H2,1H3;7-11,16H,4-6,12-14H2,1-3H3/t22-;2*16-/m000/s1. The third-order valence-corrected chi connectivity index (χ3v) is 26.1. The zero-order valence-corrected chi connectivity index (χ0v) is 48.8. The van der Waals surface area contributed by atoms with Crippen LogP contribution in [0.15, 0.2) is 149 Å². The summed E-state index contributed by atoms with van der Waals surface area (Å²) in [5.41, 5.74) is 5.74. The minimum Gasteiger partial charge on any atom is -0.413 e. The maximum Gasteiger partial charge on any atom is 0.297 e. The molecule has 0 bridgehead atoms. The summed E-state index contributed by atoms with van der Waals surface area (Å²) in [6, 6.07) is 50.7. The molecule has 5 aromatic rings. The minimum atomic E-state index is -3.82. The van der Waals surface area contributed by atoms with Crippen LogP contribution < -0.4 is 0 Å². The number of hydrogen-bond donors (Lipinski definition) is 1. The lowest BCUT2D eigenvalue weighted by Crippen LogP contribution is -2.42. The molecule has 70 heavy (non-hydrogen) atoms. The van der Waals surface area contributed by atoms with Gasteiger partial charge in [0.05, 0.1) is 41.3 Å². The Morgan fingerprint density at radius 2 is 0.771 bits per heavy atom. The average Bonchev–Trinajstić information content (AvgIpc) is 3.39. The van der Waals surface area contributed by atoms with Crippen molar-refractivity contribution in [3.05, 3.63) is 167 Å². The minimum absolute atomic E-state index is 0.0534. The summed E-state index contributed by atoms with van der Waals surface area (Å²) in [6.45, 7) is 17.1. The summed E-state index contributed by atoms with van der Waals surface area (Å²) in [5.74, 6) is 0. The Morgan fingerprint density at radius 1 is 0.457 bits per heavy atom. The van der Waals surface area contributed by atoms with Gasteiger partial charge in [-0.05, 0) is 130 Å². The van der Waals surface area contributed by atoms with Gasteiger partial charge in [-0.2, -0.15) is 16.8 Å². The molecule has 0 aliphatic heterocycles. The van der Waals surface area contributed by atoms with E-state index in [0.717, 1.165) is 64.9 Å². The monoisotopic (exact) mass is 1140 g/mol. The number of aliphatic hydroxyl groups is 1. The van der Waals surface area contributed by atoms with Gasteiger partial charge < -0.3 is 14.0 Å². The Labute approximate surface area is 438 Å². The molecule has 0 aliphatic rings. The highest BCUT2D eigenvalue weighted by molar-refractivity contribution is 14.1. The zero-order chi connectivity index (χ0) is 51.5. The Balaban J connectivity index is 0.000000285. The van der Waals surface area contributed by atoms with E-state index in [1.807, 2.05) is 62.4 Å². The lowest BCUT2D eigenvalue weighted by atomic mass is 10.1. The second-order valence-electron chi connectivity index (χ2n) is 18.0. The molecule has 0 aliphatic carbocycles. The molecule has 0 radical (unpaired) electrons. The SMILES string of the molecule is CC[Si](CC)(CC)O[C@@H](CCc1ccccc1)COS(=O)(=O)c1ccc(C)cc1.CC[Si](CC)(CC)O[C@H](CI)CCc1ccccc1.Cc1ccc(S(=O)(=O)OC[C@@H](O)CCc2ccccc2)cc1. The predicted molar refractivity (Wildman–Crippen MR) is 302 cm³/mol. The molecule has 386 valence electrons. The Bertz CT molecular complexity index is 2350. The quantitative estimate of drug-likeness (QED) is 0.0225. The molecule has 0 aromatic heterocycles. The number of halogens is 1. The fourth-order valence-electron chi connectivity index (χ4n) is 7.94. The van der Waals surface area contributed by atoms with E-state index in [-0.39, 0.29) is 29.1 Å². The topological polar surface area (TPSA) is 125 Å². The fraction of sp³-hybridized carbons (Fsp3) is 0.464. The molecular formula is C56H81IO9S2Si2. The van der Waals surface area contributed by atoms with E-state index in [0.29, 0.717) is 18.9 Å². The van der Waals surface area contributed by atoms with E-state index in [2.05, 4.69) is 107 Å². The third kappa shape index (κ3) is 22.0. The number of aryl methyl sites for hydroxylation is 5. The molecule has 0 spiro atoms. The van der Waals surface area contributed by atoms with Crippen LogP contribution >= 0.6 is 22.6 Å². The summed E-state index contributed by atoms with van der Waals surface area (Å²) in [4.78, 5) is 0.295. The van der Waals surface area contributed by atoms with Crippen LogP contribution in [0, 0.1) is 13.8 Å². The van der Waals surface area contributed by atoms with Gasteiger partial charge in [0, 0.05) is 4.43 Å². The van der Waals surface area contributed by atoms with Crippen molar-refractivity contribution >= 4 is 59.5 Å². The molecule has 0 unspecified atom stereocenters. The fourth-order valence-corrected chi connectivity index (χ4v) is 16.6. The van der Waals surface area contributed by atoms with Gasteiger partial charge in [0.2, 0.25) is 0 Å². The molecular weight excluding hydrogens is 1060 g/mol.